The van der Waals surface area contributed by atoms with Crippen LogP contribution in [0.25, 0.3) is 11.3 Å². The van der Waals surface area contributed by atoms with Crippen molar-refractivity contribution < 1.29 is 9.59 Å². The number of hydrogen-bond donors (Lipinski definition) is 2. The number of hydrogen-bond acceptors (Lipinski definition) is 4. The Balaban J connectivity index is 1.69. The topological polar surface area (TPSA) is 75.5 Å². The third-order valence-corrected chi connectivity index (χ3v) is 5.44. The number of amides is 2. The first-order chi connectivity index (χ1) is 15.1. The second-order valence-electron chi connectivity index (χ2n) is 6.46. The zero-order chi connectivity index (χ0) is 21.6. The molecular formula is C23H17ClN4O2S. The molecule has 1 aromatic heterocycles. The van der Waals surface area contributed by atoms with Gasteiger partial charge in [0.2, 0.25) is 4.80 Å². The van der Waals surface area contributed by atoms with Gasteiger partial charge < -0.3 is 5.32 Å². The van der Waals surface area contributed by atoms with Crippen LogP contribution >= 0.6 is 22.9 Å². The molecule has 1 heterocycles. The van der Waals surface area contributed by atoms with Crippen molar-refractivity contribution in [3.05, 3.63) is 106 Å². The number of carbonyl (C=O) groups excluding carboxylic acids is 2. The third kappa shape index (κ3) is 4.91. The Morgan fingerprint density at radius 3 is 2.19 bits per heavy atom. The third-order valence-electron chi connectivity index (χ3n) is 4.37. The number of thiazole rings is 1. The van der Waals surface area contributed by atoms with Crippen molar-refractivity contribution >= 4 is 40.6 Å². The predicted molar refractivity (Wildman–Crippen MR) is 123 cm³/mol. The van der Waals surface area contributed by atoms with Crippen LogP contribution in [-0.2, 0) is 0 Å². The summed E-state index contributed by atoms with van der Waals surface area (Å²) in [6.45, 7) is 0. The van der Waals surface area contributed by atoms with E-state index in [1.165, 1.54) is 15.9 Å². The van der Waals surface area contributed by atoms with Crippen LogP contribution in [0.5, 0.6) is 0 Å². The van der Waals surface area contributed by atoms with Crippen molar-refractivity contribution in [2.45, 2.75) is 0 Å². The molecule has 0 saturated carbocycles. The smallest absolute Gasteiger partial charge is 0.307 e. The van der Waals surface area contributed by atoms with Crippen molar-refractivity contribution in [1.82, 2.24) is 9.99 Å². The van der Waals surface area contributed by atoms with E-state index in [1.807, 2.05) is 53.9 Å². The van der Waals surface area contributed by atoms with E-state index in [2.05, 4.69) is 15.8 Å². The van der Waals surface area contributed by atoms with Gasteiger partial charge in [0.15, 0.2) is 0 Å². The Kier molecular flexibility index (Phi) is 6.26. The normalized spacial score (nSPS) is 11.2. The fraction of sp³-hybridized carbons (Fsp3) is 0. The molecule has 0 aliphatic rings. The lowest BCUT2D eigenvalue weighted by molar-refractivity contribution is 0.0953. The Hall–Kier alpha value is -3.68. The SMILES string of the molecule is O=C(N/N=c1/scc(-c2ccccc2)n1C(=O)Nc1ccccc1)c1ccc(Cl)cc1. The molecule has 6 nitrogen and oxygen atoms in total. The highest BCUT2D eigenvalue weighted by molar-refractivity contribution is 7.07. The minimum Gasteiger partial charge on any atom is -0.307 e. The lowest BCUT2D eigenvalue weighted by Gasteiger charge is -2.10. The monoisotopic (exact) mass is 448 g/mol. The van der Waals surface area contributed by atoms with E-state index >= 15 is 0 Å². The van der Waals surface area contributed by atoms with E-state index in [9.17, 15) is 9.59 Å². The largest absolute Gasteiger partial charge is 0.332 e. The van der Waals surface area contributed by atoms with E-state index in [-0.39, 0.29) is 6.03 Å². The molecule has 4 rings (SSSR count). The highest BCUT2D eigenvalue weighted by atomic mass is 35.5. The molecule has 3 aromatic carbocycles. The Morgan fingerprint density at radius 2 is 1.52 bits per heavy atom. The quantitative estimate of drug-likeness (QED) is 0.421. The lowest BCUT2D eigenvalue weighted by Crippen LogP contribution is -2.31. The van der Waals surface area contributed by atoms with Crippen LogP contribution in [0, 0.1) is 0 Å². The van der Waals surface area contributed by atoms with E-state index in [0.717, 1.165) is 5.56 Å². The second-order valence-corrected chi connectivity index (χ2v) is 7.73. The number of anilines is 1. The number of benzene rings is 3. The van der Waals surface area contributed by atoms with E-state index in [4.69, 9.17) is 11.6 Å². The van der Waals surface area contributed by atoms with Crippen molar-refractivity contribution in [2.75, 3.05) is 5.32 Å². The summed E-state index contributed by atoms with van der Waals surface area (Å²) >= 11 is 7.12. The van der Waals surface area contributed by atoms with Crippen molar-refractivity contribution in [1.29, 1.82) is 0 Å². The summed E-state index contributed by atoms with van der Waals surface area (Å²) in [4.78, 5) is 25.9. The van der Waals surface area contributed by atoms with Crippen LogP contribution in [0.2, 0.25) is 5.02 Å². The summed E-state index contributed by atoms with van der Waals surface area (Å²) in [6, 6.07) is 24.7. The molecule has 154 valence electrons. The molecule has 0 atom stereocenters. The van der Waals surface area contributed by atoms with E-state index in [0.29, 0.717) is 26.8 Å². The van der Waals surface area contributed by atoms with Crippen LogP contribution < -0.4 is 15.5 Å². The number of carbonyl (C=O) groups is 2. The first-order valence-electron chi connectivity index (χ1n) is 9.34. The molecule has 0 saturated heterocycles. The fourth-order valence-corrected chi connectivity index (χ4v) is 3.83. The minimum atomic E-state index is -0.402. The minimum absolute atomic E-state index is 0.328. The van der Waals surface area contributed by atoms with Gasteiger partial charge in [-0.2, -0.15) is 0 Å². The van der Waals surface area contributed by atoms with Crippen LogP contribution in [0.15, 0.2) is 95.4 Å². The standard InChI is InChI=1S/C23H17ClN4O2S/c24-18-13-11-17(12-14-18)21(29)26-27-23-28(22(30)25-19-9-5-2-6-10-19)20(15-31-23)16-7-3-1-4-8-16/h1-15H,(H,25,30)(H,26,29)/b27-23+. The maximum Gasteiger partial charge on any atom is 0.332 e. The van der Waals surface area contributed by atoms with Gasteiger partial charge in [0.1, 0.15) is 0 Å². The van der Waals surface area contributed by atoms with Crippen LogP contribution in [0.4, 0.5) is 10.5 Å². The highest BCUT2D eigenvalue weighted by Gasteiger charge is 2.15. The number of rotatable bonds is 4. The second kappa shape index (κ2) is 9.42. The molecular weight excluding hydrogens is 432 g/mol. The number of nitrogens with one attached hydrogen (secondary N) is 2. The Labute approximate surface area is 187 Å². The van der Waals surface area contributed by atoms with Gasteiger partial charge in [-0.25, -0.2) is 14.8 Å². The maximum absolute atomic E-state index is 13.1. The number of para-hydroxylation sites is 1. The molecule has 2 amide bonds. The van der Waals surface area contributed by atoms with Gasteiger partial charge in [0.05, 0.1) is 5.69 Å². The number of aromatic nitrogens is 1. The summed E-state index contributed by atoms with van der Waals surface area (Å²) in [6.07, 6.45) is 0. The van der Waals surface area contributed by atoms with E-state index in [1.54, 1.807) is 36.4 Å². The molecule has 0 aliphatic carbocycles. The summed E-state index contributed by atoms with van der Waals surface area (Å²) in [5.74, 6) is -0.402. The zero-order valence-corrected chi connectivity index (χ0v) is 17.7. The molecule has 0 fully saturated rings. The summed E-state index contributed by atoms with van der Waals surface area (Å²) in [7, 11) is 0. The molecule has 8 heteroatoms. The van der Waals surface area contributed by atoms with Gasteiger partial charge in [0, 0.05) is 21.7 Å². The first kappa shape index (κ1) is 20.6. The van der Waals surface area contributed by atoms with Crippen LogP contribution in [-0.4, -0.2) is 16.5 Å². The highest BCUT2D eigenvalue weighted by Crippen LogP contribution is 2.20. The number of halogens is 1. The van der Waals surface area contributed by atoms with Crippen molar-refractivity contribution in [3.63, 3.8) is 0 Å². The molecule has 0 aliphatic heterocycles. The van der Waals surface area contributed by atoms with Crippen LogP contribution in [0.1, 0.15) is 10.4 Å². The Bertz CT molecular complexity index is 1270. The lowest BCUT2D eigenvalue weighted by atomic mass is 10.2. The number of nitrogens with zero attached hydrogens (tertiary/aromatic N) is 2. The average Bonchev–Trinajstić information content (AvgIpc) is 3.23. The molecule has 0 radical (unpaired) electrons. The maximum atomic E-state index is 13.1. The van der Waals surface area contributed by atoms with Gasteiger partial charge >= 0.3 is 6.03 Å². The molecule has 0 spiro atoms. The van der Waals surface area contributed by atoms with Crippen LogP contribution in [0.3, 0.4) is 0 Å². The zero-order valence-electron chi connectivity index (χ0n) is 16.2. The molecule has 31 heavy (non-hydrogen) atoms. The summed E-state index contributed by atoms with van der Waals surface area (Å²) in [5.41, 5.74) is 5.10. The Morgan fingerprint density at radius 1 is 0.871 bits per heavy atom. The van der Waals surface area contributed by atoms with Gasteiger partial charge in [0.25, 0.3) is 5.91 Å². The summed E-state index contributed by atoms with van der Waals surface area (Å²) < 4.78 is 1.44. The molecule has 0 bridgehead atoms. The predicted octanol–water partition coefficient (Wildman–Crippen LogP) is 5.20. The molecule has 4 aromatic rings. The van der Waals surface area contributed by atoms with Gasteiger partial charge in [-0.3, -0.25) is 4.79 Å². The average molecular weight is 449 g/mol. The van der Waals surface area contributed by atoms with Gasteiger partial charge in [-0.15, -0.1) is 16.4 Å². The van der Waals surface area contributed by atoms with Crippen molar-refractivity contribution in [3.8, 4) is 11.3 Å². The van der Waals surface area contributed by atoms with E-state index < -0.39 is 5.91 Å². The van der Waals surface area contributed by atoms with Gasteiger partial charge in [-0.05, 0) is 42.0 Å². The molecule has 2 N–H and O–H groups in total. The first-order valence-corrected chi connectivity index (χ1v) is 10.6. The fourth-order valence-electron chi connectivity index (χ4n) is 2.86. The van der Waals surface area contributed by atoms with Crippen molar-refractivity contribution in [2.24, 2.45) is 5.10 Å². The summed E-state index contributed by atoms with van der Waals surface area (Å²) in [5, 5.41) is 9.43. The molecule has 0 unspecified atom stereocenters. The van der Waals surface area contributed by atoms with Gasteiger partial charge in [-0.1, -0.05) is 60.1 Å².